The monoisotopic (exact) mass is 211 g/mol. The molecule has 0 bridgehead atoms. The fourth-order valence-corrected chi connectivity index (χ4v) is 2.21. The maximum absolute atomic E-state index is 11.2. The van der Waals surface area contributed by atoms with Gasteiger partial charge < -0.3 is 5.11 Å². The Morgan fingerprint density at radius 3 is 2.13 bits per heavy atom. The summed E-state index contributed by atoms with van der Waals surface area (Å²) >= 11 is 0. The number of hydrogen-bond donors (Lipinski definition) is 2. The van der Waals surface area contributed by atoms with Crippen LogP contribution in [-0.4, -0.2) is 22.7 Å². The van der Waals surface area contributed by atoms with Crippen LogP contribution in [0, 0.1) is 11.8 Å². The second-order valence-electron chi connectivity index (χ2n) is 5.34. The topological polar surface area (TPSA) is 49.3 Å². The van der Waals surface area contributed by atoms with Crippen molar-refractivity contribution < 1.29 is 9.90 Å². The van der Waals surface area contributed by atoms with Crippen LogP contribution in [0.3, 0.4) is 0 Å². The summed E-state index contributed by atoms with van der Waals surface area (Å²) in [5.74, 6) is 0.793. The third-order valence-electron chi connectivity index (χ3n) is 3.92. The molecular weight excluding hydrogens is 190 g/mol. The lowest BCUT2D eigenvalue weighted by molar-refractivity contribution is -0.144. The van der Waals surface area contributed by atoms with Gasteiger partial charge >= 0.3 is 5.97 Å². The van der Waals surface area contributed by atoms with Crippen molar-refractivity contribution in [1.29, 1.82) is 0 Å². The molecule has 86 valence electrons. The minimum Gasteiger partial charge on any atom is -0.480 e. The van der Waals surface area contributed by atoms with E-state index in [-0.39, 0.29) is 0 Å². The summed E-state index contributed by atoms with van der Waals surface area (Å²) < 4.78 is 0. The molecule has 2 aliphatic rings. The summed E-state index contributed by atoms with van der Waals surface area (Å²) in [5.41, 5.74) is -0.726. The highest BCUT2D eigenvalue weighted by atomic mass is 16.4. The molecule has 2 N–H and O–H groups in total. The quantitative estimate of drug-likeness (QED) is 0.706. The highest BCUT2D eigenvalue weighted by molar-refractivity contribution is 5.78. The Bertz CT molecular complexity index is 246. The Labute approximate surface area is 91.2 Å². The maximum Gasteiger partial charge on any atom is 0.323 e. The van der Waals surface area contributed by atoms with E-state index >= 15 is 0 Å². The van der Waals surface area contributed by atoms with E-state index in [0.717, 1.165) is 11.8 Å². The van der Waals surface area contributed by atoms with Crippen LogP contribution >= 0.6 is 0 Å². The van der Waals surface area contributed by atoms with Crippen molar-refractivity contribution in [3.63, 3.8) is 0 Å². The fraction of sp³-hybridized carbons (Fsp3) is 0.917. The summed E-state index contributed by atoms with van der Waals surface area (Å²) in [5, 5.41) is 12.6. The zero-order chi connectivity index (χ0) is 11.1. The van der Waals surface area contributed by atoms with Crippen LogP contribution in [0.2, 0.25) is 0 Å². The Kier molecular flexibility index (Phi) is 2.75. The highest BCUT2D eigenvalue weighted by Gasteiger charge is 2.45. The zero-order valence-corrected chi connectivity index (χ0v) is 9.62. The van der Waals surface area contributed by atoms with Gasteiger partial charge in [-0.3, -0.25) is 10.1 Å². The summed E-state index contributed by atoms with van der Waals surface area (Å²) in [4.78, 5) is 11.2. The average Bonchev–Trinajstić information content (AvgIpc) is 3.04. The number of aliphatic carboxylic acids is 1. The third-order valence-corrected chi connectivity index (χ3v) is 3.92. The number of carbonyl (C=O) groups is 1. The van der Waals surface area contributed by atoms with E-state index in [1.165, 1.54) is 25.7 Å². The van der Waals surface area contributed by atoms with E-state index in [9.17, 15) is 9.90 Å². The standard InChI is InChI=1S/C12H21NO2/c1-3-12(2,11(14)15)13-10(8-4-5-8)9-6-7-9/h8-10,13H,3-7H2,1-2H3,(H,14,15). The maximum atomic E-state index is 11.2. The van der Waals surface area contributed by atoms with Crippen molar-refractivity contribution in [2.24, 2.45) is 11.8 Å². The van der Waals surface area contributed by atoms with Crippen molar-refractivity contribution >= 4 is 5.97 Å². The Morgan fingerprint density at radius 1 is 1.40 bits per heavy atom. The van der Waals surface area contributed by atoms with Crippen molar-refractivity contribution in [3.05, 3.63) is 0 Å². The predicted octanol–water partition coefficient (Wildman–Crippen LogP) is 2.02. The van der Waals surface area contributed by atoms with Gasteiger partial charge in [-0.15, -0.1) is 0 Å². The molecule has 0 aromatic carbocycles. The Morgan fingerprint density at radius 2 is 1.87 bits per heavy atom. The van der Waals surface area contributed by atoms with Crippen molar-refractivity contribution in [1.82, 2.24) is 5.32 Å². The minimum absolute atomic E-state index is 0.464. The first-order valence-electron chi connectivity index (χ1n) is 6.08. The van der Waals surface area contributed by atoms with Gasteiger partial charge in [0.1, 0.15) is 5.54 Å². The number of hydrogen-bond acceptors (Lipinski definition) is 2. The molecule has 0 aliphatic heterocycles. The number of nitrogens with one attached hydrogen (secondary N) is 1. The van der Waals surface area contributed by atoms with Gasteiger partial charge in [0, 0.05) is 6.04 Å². The van der Waals surface area contributed by atoms with Crippen LogP contribution in [-0.2, 0) is 4.79 Å². The molecule has 3 nitrogen and oxygen atoms in total. The lowest BCUT2D eigenvalue weighted by atomic mass is 9.95. The molecule has 3 heteroatoms. The van der Waals surface area contributed by atoms with E-state index in [2.05, 4.69) is 5.32 Å². The first kappa shape index (κ1) is 10.9. The van der Waals surface area contributed by atoms with Crippen molar-refractivity contribution in [2.45, 2.75) is 57.5 Å². The lowest BCUT2D eigenvalue weighted by Gasteiger charge is -2.31. The van der Waals surface area contributed by atoms with Crippen LogP contribution in [0.15, 0.2) is 0 Å². The molecule has 2 aliphatic carbocycles. The fourth-order valence-electron chi connectivity index (χ4n) is 2.21. The Hall–Kier alpha value is -0.570. The first-order valence-corrected chi connectivity index (χ1v) is 6.08. The van der Waals surface area contributed by atoms with Crippen LogP contribution < -0.4 is 5.32 Å². The van der Waals surface area contributed by atoms with E-state index in [4.69, 9.17) is 0 Å². The van der Waals surface area contributed by atoms with E-state index < -0.39 is 11.5 Å². The summed E-state index contributed by atoms with van der Waals surface area (Å²) in [6, 6.07) is 0.464. The molecular formula is C12H21NO2. The van der Waals surface area contributed by atoms with Gasteiger partial charge in [0.05, 0.1) is 0 Å². The molecule has 0 aromatic heterocycles. The second-order valence-corrected chi connectivity index (χ2v) is 5.34. The van der Waals surface area contributed by atoms with Gasteiger partial charge in [-0.1, -0.05) is 6.92 Å². The molecule has 0 heterocycles. The summed E-state index contributed by atoms with van der Waals surface area (Å²) in [6.07, 6.45) is 5.79. The normalized spacial score (nSPS) is 25.3. The van der Waals surface area contributed by atoms with E-state index in [1.807, 2.05) is 13.8 Å². The minimum atomic E-state index is -0.726. The molecule has 0 radical (unpaired) electrons. The molecule has 2 rings (SSSR count). The number of carboxylic acids is 1. The molecule has 0 amide bonds. The van der Waals surface area contributed by atoms with Crippen LogP contribution in [0.5, 0.6) is 0 Å². The molecule has 0 spiro atoms. The first-order chi connectivity index (χ1) is 7.07. The van der Waals surface area contributed by atoms with Crippen molar-refractivity contribution in [3.8, 4) is 0 Å². The molecule has 15 heavy (non-hydrogen) atoms. The molecule has 1 atom stereocenters. The zero-order valence-electron chi connectivity index (χ0n) is 9.62. The molecule has 0 saturated heterocycles. The molecule has 2 fully saturated rings. The molecule has 1 unspecified atom stereocenters. The smallest absolute Gasteiger partial charge is 0.323 e. The summed E-state index contributed by atoms with van der Waals surface area (Å²) in [6.45, 7) is 3.76. The van der Waals surface area contributed by atoms with E-state index in [1.54, 1.807) is 0 Å². The van der Waals surface area contributed by atoms with Gasteiger partial charge in [0.25, 0.3) is 0 Å². The van der Waals surface area contributed by atoms with Crippen LogP contribution in [0.4, 0.5) is 0 Å². The second kappa shape index (κ2) is 3.78. The van der Waals surface area contributed by atoms with E-state index in [0.29, 0.717) is 12.5 Å². The largest absolute Gasteiger partial charge is 0.480 e. The predicted molar refractivity (Wildman–Crippen MR) is 58.7 cm³/mol. The molecule has 0 aromatic rings. The van der Waals surface area contributed by atoms with Gasteiger partial charge in [-0.25, -0.2) is 0 Å². The molecule has 2 saturated carbocycles. The number of rotatable bonds is 6. The van der Waals surface area contributed by atoms with Gasteiger partial charge in [0.2, 0.25) is 0 Å². The van der Waals surface area contributed by atoms with Crippen molar-refractivity contribution in [2.75, 3.05) is 0 Å². The highest BCUT2D eigenvalue weighted by Crippen LogP contribution is 2.45. The Balaban J connectivity index is 1.99. The van der Waals surface area contributed by atoms with Gasteiger partial charge in [0.15, 0.2) is 0 Å². The van der Waals surface area contributed by atoms with Crippen LogP contribution in [0.1, 0.15) is 46.0 Å². The van der Waals surface area contributed by atoms with Gasteiger partial charge in [-0.05, 0) is 50.9 Å². The van der Waals surface area contributed by atoms with Gasteiger partial charge in [-0.2, -0.15) is 0 Å². The lowest BCUT2D eigenvalue weighted by Crippen LogP contribution is -2.54. The third kappa shape index (κ3) is 2.33. The average molecular weight is 211 g/mol. The summed E-state index contributed by atoms with van der Waals surface area (Å²) in [7, 11) is 0. The van der Waals surface area contributed by atoms with Crippen LogP contribution in [0.25, 0.3) is 0 Å². The number of carboxylic acid groups (broad SMARTS) is 1. The SMILES string of the molecule is CCC(C)(NC(C1CC1)C1CC1)C(=O)O.